The van der Waals surface area contributed by atoms with Crippen molar-refractivity contribution in [3.05, 3.63) is 24.3 Å². The van der Waals surface area contributed by atoms with E-state index in [2.05, 4.69) is 27.4 Å². The average Bonchev–Trinajstić information content (AvgIpc) is 3.11. The van der Waals surface area contributed by atoms with Gasteiger partial charge >= 0.3 is 5.97 Å². The van der Waals surface area contributed by atoms with Crippen LogP contribution >= 0.6 is 0 Å². The number of hydrogen-bond acceptors (Lipinski definition) is 4. The lowest BCUT2D eigenvalue weighted by molar-refractivity contribution is -0.152. The second-order valence-electron chi connectivity index (χ2n) is 11.6. The predicted molar refractivity (Wildman–Crippen MR) is 126 cm³/mol. The van der Waals surface area contributed by atoms with Gasteiger partial charge in [0.05, 0.1) is 12.7 Å². The third-order valence-electron chi connectivity index (χ3n) is 10.4. The van der Waals surface area contributed by atoms with Crippen molar-refractivity contribution in [2.45, 2.75) is 85.2 Å². The van der Waals surface area contributed by atoms with Crippen LogP contribution in [0.25, 0.3) is 0 Å². The summed E-state index contributed by atoms with van der Waals surface area (Å²) in [6, 6.07) is 0. The molecule has 0 unspecified atom stereocenters. The van der Waals surface area contributed by atoms with E-state index in [0.717, 1.165) is 19.3 Å². The number of esters is 1. The van der Waals surface area contributed by atoms with Crippen LogP contribution in [0.3, 0.4) is 0 Å². The van der Waals surface area contributed by atoms with E-state index in [1.165, 1.54) is 31.3 Å². The zero-order valence-corrected chi connectivity index (χ0v) is 20.4. The zero-order valence-electron chi connectivity index (χ0n) is 20.4. The van der Waals surface area contributed by atoms with E-state index in [1.807, 2.05) is 6.08 Å². The van der Waals surface area contributed by atoms with Gasteiger partial charge in [-0.05, 0) is 98.4 Å². The molecule has 0 bridgehead atoms. The minimum atomic E-state index is -0.757. The minimum absolute atomic E-state index is 0.0240. The Hall–Kier alpha value is -1.42. The molecule has 3 saturated carbocycles. The fourth-order valence-electron chi connectivity index (χ4n) is 8.64. The molecule has 0 aromatic rings. The van der Waals surface area contributed by atoms with Crippen molar-refractivity contribution in [1.82, 2.24) is 0 Å². The molecule has 4 rings (SSSR count). The largest absolute Gasteiger partial charge is 0.465 e. The molecule has 4 heteroatoms. The summed E-state index contributed by atoms with van der Waals surface area (Å²) < 4.78 is 5.20. The summed E-state index contributed by atoms with van der Waals surface area (Å²) in [5.74, 6) is 1.77. The Morgan fingerprint density at radius 2 is 1.97 bits per heavy atom. The maximum atomic E-state index is 12.4. The SMILES string of the molecule is C=C[C@H](C(=O)OCC)[C@H](O)[C@@H](C)[C@H]1CC[C@H]2[C@@H]3CCC4=CC(=O)CC[C@]4(C)[C@H]3CC[C@]12C. The molecule has 0 amide bonds. The monoisotopic (exact) mass is 442 g/mol. The molecule has 0 radical (unpaired) electrons. The first kappa shape index (κ1) is 23.7. The first-order chi connectivity index (χ1) is 15.2. The molecule has 4 aliphatic rings. The Kier molecular flexibility index (Phi) is 6.48. The van der Waals surface area contributed by atoms with E-state index in [4.69, 9.17) is 4.74 Å². The molecule has 4 nitrogen and oxygen atoms in total. The van der Waals surface area contributed by atoms with E-state index >= 15 is 0 Å². The third-order valence-corrected chi connectivity index (χ3v) is 10.4. The summed E-state index contributed by atoms with van der Waals surface area (Å²) in [6.45, 7) is 12.9. The Balaban J connectivity index is 1.54. The van der Waals surface area contributed by atoms with Gasteiger partial charge in [0.25, 0.3) is 0 Å². The molecule has 178 valence electrons. The number of carbonyl (C=O) groups is 2. The van der Waals surface area contributed by atoms with Gasteiger partial charge in [-0.2, -0.15) is 0 Å². The van der Waals surface area contributed by atoms with Gasteiger partial charge in [0.1, 0.15) is 5.92 Å². The summed E-state index contributed by atoms with van der Waals surface area (Å²) in [5.41, 5.74) is 1.81. The molecule has 1 N–H and O–H groups in total. The summed E-state index contributed by atoms with van der Waals surface area (Å²) in [7, 11) is 0. The van der Waals surface area contributed by atoms with Crippen molar-refractivity contribution in [3.63, 3.8) is 0 Å². The van der Waals surface area contributed by atoms with E-state index in [9.17, 15) is 14.7 Å². The van der Waals surface area contributed by atoms with Crippen LogP contribution < -0.4 is 0 Å². The molecule has 3 fully saturated rings. The number of ether oxygens (including phenoxy) is 1. The number of hydrogen-bond donors (Lipinski definition) is 1. The van der Waals surface area contributed by atoms with Crippen molar-refractivity contribution in [2.75, 3.05) is 6.61 Å². The van der Waals surface area contributed by atoms with Crippen molar-refractivity contribution in [3.8, 4) is 0 Å². The van der Waals surface area contributed by atoms with Gasteiger partial charge < -0.3 is 9.84 Å². The number of fused-ring (bicyclic) bond motifs is 5. The van der Waals surface area contributed by atoms with Crippen LogP contribution in [-0.2, 0) is 14.3 Å². The van der Waals surface area contributed by atoms with Crippen LogP contribution in [0, 0.1) is 46.3 Å². The van der Waals surface area contributed by atoms with Gasteiger partial charge in [-0.15, -0.1) is 6.58 Å². The molecule has 9 atom stereocenters. The standard InChI is InChI=1S/C28H42O4/c1-6-20(26(31)32-7-2)25(30)17(3)22-10-11-23-21-9-8-18-16-19(29)12-14-27(18,4)24(21)13-15-28(22,23)5/h6,16-17,20-25,30H,1,7-15H2,2-5H3/t17-,20-,21-,22+,23-,24-,25+,27-,28+/m0/s1. The van der Waals surface area contributed by atoms with Crippen LogP contribution in [0.4, 0.5) is 0 Å². The molecule has 0 saturated heterocycles. The highest BCUT2D eigenvalue weighted by Crippen LogP contribution is 2.67. The van der Waals surface area contributed by atoms with Crippen LogP contribution in [-0.4, -0.2) is 29.6 Å². The summed E-state index contributed by atoms with van der Waals surface area (Å²) in [5, 5.41) is 11.2. The normalized spacial score (nSPS) is 41.4. The predicted octanol–water partition coefficient (Wildman–Crippen LogP) is 5.50. The minimum Gasteiger partial charge on any atom is -0.465 e. The van der Waals surface area contributed by atoms with Gasteiger partial charge in [-0.3, -0.25) is 9.59 Å². The lowest BCUT2D eigenvalue weighted by Crippen LogP contribution is -2.51. The Morgan fingerprint density at radius 1 is 1.22 bits per heavy atom. The third kappa shape index (κ3) is 3.61. The van der Waals surface area contributed by atoms with Gasteiger partial charge in [0.15, 0.2) is 5.78 Å². The first-order valence-electron chi connectivity index (χ1n) is 12.9. The Morgan fingerprint density at radius 3 is 2.66 bits per heavy atom. The number of rotatable bonds is 6. The van der Waals surface area contributed by atoms with Gasteiger partial charge in [-0.25, -0.2) is 0 Å². The lowest BCUT2D eigenvalue weighted by atomic mass is 9.46. The molecule has 0 aromatic carbocycles. The Bertz CT molecular complexity index is 799. The highest BCUT2D eigenvalue weighted by atomic mass is 16.5. The smallest absolute Gasteiger partial charge is 0.315 e. The highest BCUT2D eigenvalue weighted by molar-refractivity contribution is 5.91. The quantitative estimate of drug-likeness (QED) is 0.436. The van der Waals surface area contributed by atoms with Gasteiger partial charge in [0, 0.05) is 6.42 Å². The fourth-order valence-corrected chi connectivity index (χ4v) is 8.64. The second kappa shape index (κ2) is 8.74. The molecule has 0 heterocycles. The Labute approximate surface area is 193 Å². The topological polar surface area (TPSA) is 63.6 Å². The fraction of sp³-hybridized carbons (Fsp3) is 0.786. The first-order valence-corrected chi connectivity index (χ1v) is 12.9. The average molecular weight is 443 g/mol. The van der Waals surface area contributed by atoms with Crippen molar-refractivity contribution in [1.29, 1.82) is 0 Å². The van der Waals surface area contributed by atoms with Crippen LogP contribution in [0.2, 0.25) is 0 Å². The molecule has 0 aromatic heterocycles. The molecule has 32 heavy (non-hydrogen) atoms. The van der Waals surface area contributed by atoms with E-state index in [0.29, 0.717) is 42.5 Å². The van der Waals surface area contributed by atoms with Crippen LogP contribution in [0.1, 0.15) is 79.1 Å². The molecular formula is C28H42O4. The summed E-state index contributed by atoms with van der Waals surface area (Å²) >= 11 is 0. The van der Waals surface area contributed by atoms with Gasteiger partial charge in [0.2, 0.25) is 0 Å². The number of aliphatic hydroxyl groups excluding tert-OH is 1. The highest BCUT2D eigenvalue weighted by Gasteiger charge is 2.60. The van der Waals surface area contributed by atoms with Gasteiger partial charge in [-0.1, -0.05) is 32.4 Å². The number of aliphatic hydroxyl groups is 1. The van der Waals surface area contributed by atoms with Crippen molar-refractivity contribution >= 4 is 11.8 Å². The number of allylic oxidation sites excluding steroid dienone is 1. The maximum Gasteiger partial charge on any atom is 0.315 e. The van der Waals surface area contributed by atoms with E-state index in [-0.39, 0.29) is 22.7 Å². The molecular weight excluding hydrogens is 400 g/mol. The number of carbonyl (C=O) groups excluding carboxylic acids is 2. The van der Waals surface area contributed by atoms with E-state index < -0.39 is 12.0 Å². The van der Waals surface area contributed by atoms with Crippen molar-refractivity contribution in [2.24, 2.45) is 46.3 Å². The molecule has 0 spiro atoms. The zero-order chi connectivity index (χ0) is 23.3. The summed E-state index contributed by atoms with van der Waals surface area (Å²) in [6.07, 6.45) is 11.5. The van der Waals surface area contributed by atoms with E-state index in [1.54, 1.807) is 13.0 Å². The summed E-state index contributed by atoms with van der Waals surface area (Å²) in [4.78, 5) is 24.5. The second-order valence-corrected chi connectivity index (χ2v) is 11.6. The van der Waals surface area contributed by atoms with Crippen LogP contribution in [0.5, 0.6) is 0 Å². The lowest BCUT2D eigenvalue weighted by Gasteiger charge is -2.58. The molecule has 0 aliphatic heterocycles. The van der Waals surface area contributed by atoms with Crippen LogP contribution in [0.15, 0.2) is 24.3 Å². The maximum absolute atomic E-state index is 12.4. The number of ketones is 1. The molecule has 4 aliphatic carbocycles. The van der Waals surface area contributed by atoms with Crippen molar-refractivity contribution < 1.29 is 19.4 Å².